The minimum absolute atomic E-state index is 0.250. The summed E-state index contributed by atoms with van der Waals surface area (Å²) in [6.07, 6.45) is 4.90. The minimum Gasteiger partial charge on any atom is -0.340 e. The highest BCUT2D eigenvalue weighted by atomic mass is 19.1. The molecule has 0 fully saturated rings. The maximum absolute atomic E-state index is 10.9. The lowest BCUT2D eigenvalue weighted by Crippen LogP contribution is -1.68. The monoisotopic (exact) mass is 70.0 g/mol. The standard InChI is InChI=1S/C3H4BF/c1-2-3-4-5/h1,4H,3H2. The second kappa shape index (κ2) is 3.55. The normalized spacial score (nSPS) is 5.60. The van der Waals surface area contributed by atoms with Crippen LogP contribution in [0, 0.1) is 12.3 Å². The highest BCUT2D eigenvalue weighted by Crippen LogP contribution is 1.68. The van der Waals surface area contributed by atoms with Gasteiger partial charge in [0.25, 0.3) is 0 Å². The number of terminal acetylenes is 1. The van der Waals surface area contributed by atoms with E-state index in [-0.39, 0.29) is 6.32 Å². The number of hydrogen-bond donors (Lipinski definition) is 0. The first-order valence-corrected chi connectivity index (χ1v) is 1.41. The Bertz CT molecular complexity index is 45.3. The van der Waals surface area contributed by atoms with Crippen LogP contribution in [0.1, 0.15) is 0 Å². The molecule has 0 spiro atoms. The SMILES string of the molecule is C#CCBF. The summed E-state index contributed by atoms with van der Waals surface area (Å²) in [5, 5.41) is 0. The molecule has 0 saturated carbocycles. The van der Waals surface area contributed by atoms with Crippen molar-refractivity contribution in [2.24, 2.45) is 0 Å². The Labute approximate surface area is 31.7 Å². The molecule has 0 radical (unpaired) electrons. The molecule has 0 unspecified atom stereocenters. The summed E-state index contributed by atoms with van der Waals surface area (Å²) in [4.78, 5) is 0. The number of rotatable bonds is 1. The average Bonchev–Trinajstić information content (AvgIpc) is 1.41. The van der Waals surface area contributed by atoms with Crippen molar-refractivity contribution in [1.29, 1.82) is 0 Å². The molecule has 0 bridgehead atoms. The predicted octanol–water partition coefficient (Wildman–Crippen LogP) is 0.359. The Morgan fingerprint density at radius 3 is 2.60 bits per heavy atom. The second-order valence-electron chi connectivity index (χ2n) is 0.643. The highest BCUT2D eigenvalue weighted by Gasteiger charge is 1.73. The van der Waals surface area contributed by atoms with E-state index < -0.39 is 7.56 Å². The molecule has 0 heterocycles. The van der Waals surface area contributed by atoms with Gasteiger partial charge in [-0.2, -0.15) is 0 Å². The van der Waals surface area contributed by atoms with Crippen LogP contribution in [0.4, 0.5) is 4.32 Å². The third kappa shape index (κ3) is 3.55. The van der Waals surface area contributed by atoms with Crippen molar-refractivity contribution < 1.29 is 4.32 Å². The van der Waals surface area contributed by atoms with Gasteiger partial charge in [-0.3, -0.25) is 0 Å². The van der Waals surface area contributed by atoms with Gasteiger partial charge in [0.1, 0.15) is 0 Å². The van der Waals surface area contributed by atoms with Crippen LogP contribution in [-0.4, -0.2) is 7.56 Å². The first-order valence-electron chi connectivity index (χ1n) is 1.41. The Kier molecular flexibility index (Phi) is 3.24. The van der Waals surface area contributed by atoms with Crippen LogP contribution in [0.5, 0.6) is 0 Å². The van der Waals surface area contributed by atoms with Crippen LogP contribution >= 0.6 is 0 Å². The van der Waals surface area contributed by atoms with Crippen molar-refractivity contribution in [2.75, 3.05) is 0 Å². The van der Waals surface area contributed by atoms with E-state index in [0.29, 0.717) is 0 Å². The van der Waals surface area contributed by atoms with E-state index in [1.165, 1.54) is 0 Å². The molecular weight excluding hydrogens is 65.8 g/mol. The maximum Gasteiger partial charge on any atom is 0.343 e. The van der Waals surface area contributed by atoms with Gasteiger partial charge in [0.15, 0.2) is 0 Å². The van der Waals surface area contributed by atoms with Gasteiger partial charge in [-0.05, 0) is 0 Å². The molecule has 26 valence electrons. The van der Waals surface area contributed by atoms with Gasteiger partial charge in [-0.1, -0.05) is 0 Å². The van der Waals surface area contributed by atoms with Crippen molar-refractivity contribution in [2.45, 2.75) is 6.32 Å². The second-order valence-corrected chi connectivity index (χ2v) is 0.643. The Balaban J connectivity index is 2.48. The zero-order valence-corrected chi connectivity index (χ0v) is 2.87. The lowest BCUT2D eigenvalue weighted by Gasteiger charge is -1.61. The number of halogens is 1. The third-order valence-electron chi connectivity index (χ3n) is 0.239. The van der Waals surface area contributed by atoms with Crippen molar-refractivity contribution >= 4 is 7.56 Å². The molecular formula is C3H4BF. The smallest absolute Gasteiger partial charge is 0.340 e. The van der Waals surface area contributed by atoms with Crippen LogP contribution < -0.4 is 0 Å². The molecule has 0 aromatic carbocycles. The topological polar surface area (TPSA) is 0 Å². The zero-order chi connectivity index (χ0) is 4.12. The van der Waals surface area contributed by atoms with E-state index in [2.05, 4.69) is 12.3 Å². The van der Waals surface area contributed by atoms with Gasteiger partial charge in [-0.15, -0.1) is 12.3 Å². The molecule has 0 aliphatic heterocycles. The number of hydrogen-bond acceptors (Lipinski definition) is 0. The summed E-state index contributed by atoms with van der Waals surface area (Å²) >= 11 is 0. The van der Waals surface area contributed by atoms with Gasteiger partial charge in [0.05, 0.1) is 0 Å². The fraction of sp³-hybridized carbons (Fsp3) is 0.333. The highest BCUT2D eigenvalue weighted by molar-refractivity contribution is 6.27. The summed E-state index contributed by atoms with van der Waals surface area (Å²) in [7, 11) is -0.392. The zero-order valence-electron chi connectivity index (χ0n) is 2.87. The molecule has 0 nitrogen and oxygen atoms in total. The Morgan fingerprint density at radius 2 is 2.60 bits per heavy atom. The summed E-state index contributed by atoms with van der Waals surface area (Å²) in [6, 6.07) is 0. The lowest BCUT2D eigenvalue weighted by molar-refractivity contribution is 0.871. The first kappa shape index (κ1) is 4.55. The van der Waals surface area contributed by atoms with Gasteiger partial charge in [0.2, 0.25) is 0 Å². The average molecular weight is 69.9 g/mol. The molecule has 0 aromatic heterocycles. The van der Waals surface area contributed by atoms with Crippen LogP contribution in [-0.2, 0) is 0 Å². The first-order chi connectivity index (χ1) is 2.41. The predicted molar refractivity (Wildman–Crippen MR) is 21.9 cm³/mol. The fourth-order valence-electron chi connectivity index (χ4n) is 0.0546. The molecule has 0 N–H and O–H groups in total. The van der Waals surface area contributed by atoms with Crippen LogP contribution in [0.15, 0.2) is 0 Å². The van der Waals surface area contributed by atoms with E-state index in [1.807, 2.05) is 0 Å². The Morgan fingerprint density at radius 1 is 2.00 bits per heavy atom. The molecule has 0 amide bonds. The maximum atomic E-state index is 10.9. The van der Waals surface area contributed by atoms with Gasteiger partial charge in [-0.25, -0.2) is 0 Å². The van der Waals surface area contributed by atoms with Crippen molar-refractivity contribution in [3.63, 3.8) is 0 Å². The summed E-state index contributed by atoms with van der Waals surface area (Å²) in [5.41, 5.74) is 0. The van der Waals surface area contributed by atoms with Crippen LogP contribution in [0.3, 0.4) is 0 Å². The molecule has 0 rings (SSSR count). The van der Waals surface area contributed by atoms with Crippen molar-refractivity contribution in [1.82, 2.24) is 0 Å². The summed E-state index contributed by atoms with van der Waals surface area (Å²) in [6.45, 7) is 0. The lowest BCUT2D eigenvalue weighted by atomic mass is 10.0. The van der Waals surface area contributed by atoms with E-state index in [1.54, 1.807) is 0 Å². The van der Waals surface area contributed by atoms with E-state index in [9.17, 15) is 4.32 Å². The van der Waals surface area contributed by atoms with E-state index in [4.69, 9.17) is 0 Å². The molecule has 5 heavy (non-hydrogen) atoms. The van der Waals surface area contributed by atoms with Gasteiger partial charge in [0, 0.05) is 6.32 Å². The third-order valence-corrected chi connectivity index (χ3v) is 0.239. The van der Waals surface area contributed by atoms with Gasteiger partial charge < -0.3 is 4.32 Å². The quantitative estimate of drug-likeness (QED) is 0.308. The Hall–Kier alpha value is -0.445. The van der Waals surface area contributed by atoms with Crippen molar-refractivity contribution in [3.05, 3.63) is 0 Å². The largest absolute Gasteiger partial charge is 0.343 e. The van der Waals surface area contributed by atoms with Gasteiger partial charge >= 0.3 is 7.56 Å². The molecule has 0 aliphatic rings. The van der Waals surface area contributed by atoms with Crippen LogP contribution in [0.25, 0.3) is 0 Å². The minimum atomic E-state index is -0.392. The van der Waals surface area contributed by atoms with E-state index in [0.717, 1.165) is 0 Å². The molecule has 0 aliphatic carbocycles. The van der Waals surface area contributed by atoms with Crippen molar-refractivity contribution in [3.8, 4) is 12.3 Å². The molecule has 0 atom stereocenters. The summed E-state index contributed by atoms with van der Waals surface area (Å²) in [5.74, 6) is 2.14. The van der Waals surface area contributed by atoms with E-state index >= 15 is 0 Å². The fourth-order valence-corrected chi connectivity index (χ4v) is 0.0546. The molecule has 2 heteroatoms. The van der Waals surface area contributed by atoms with Crippen LogP contribution in [0.2, 0.25) is 6.32 Å². The molecule has 0 saturated heterocycles. The molecule has 0 aromatic rings. The summed E-state index contributed by atoms with van der Waals surface area (Å²) < 4.78 is 10.9.